The van der Waals surface area contributed by atoms with Crippen molar-refractivity contribution < 1.29 is 23.1 Å². The molecule has 1 aromatic rings. The van der Waals surface area contributed by atoms with E-state index in [1.54, 1.807) is 42.2 Å². The van der Waals surface area contributed by atoms with Crippen molar-refractivity contribution in [2.75, 3.05) is 19.6 Å². The molecule has 2 saturated heterocycles. The van der Waals surface area contributed by atoms with E-state index in [9.17, 15) is 23.1 Å². The van der Waals surface area contributed by atoms with Gasteiger partial charge in [-0.25, -0.2) is 8.42 Å². The molecule has 7 nitrogen and oxygen atoms in total. The van der Waals surface area contributed by atoms with Crippen molar-refractivity contribution in [3.05, 3.63) is 30.3 Å². The highest BCUT2D eigenvalue weighted by atomic mass is 32.2. The second-order valence-electron chi connectivity index (χ2n) is 7.37. The number of carboxylic acid groups (broad SMARTS) is 1. The van der Waals surface area contributed by atoms with Crippen LogP contribution in [0.15, 0.2) is 35.2 Å². The molecule has 0 radical (unpaired) electrons. The molecule has 0 bridgehead atoms. The van der Waals surface area contributed by atoms with E-state index in [1.807, 2.05) is 0 Å². The highest BCUT2D eigenvalue weighted by Crippen LogP contribution is 2.29. The van der Waals surface area contributed by atoms with Gasteiger partial charge in [0.15, 0.2) is 0 Å². The maximum absolute atomic E-state index is 13.1. The predicted octanol–water partition coefficient (Wildman–Crippen LogP) is 1.80. The molecular formula is C19H26N2O5S. The average molecular weight is 394 g/mol. The molecule has 3 rings (SSSR count). The summed E-state index contributed by atoms with van der Waals surface area (Å²) in [5, 5.41) is 9.37. The Morgan fingerprint density at radius 1 is 1.07 bits per heavy atom. The summed E-state index contributed by atoms with van der Waals surface area (Å²) in [5.41, 5.74) is 0. The topological polar surface area (TPSA) is 95.0 Å². The molecular weight excluding hydrogens is 368 g/mol. The van der Waals surface area contributed by atoms with E-state index in [0.29, 0.717) is 38.8 Å². The molecule has 1 aromatic carbocycles. The Morgan fingerprint density at radius 3 is 2.41 bits per heavy atom. The van der Waals surface area contributed by atoms with Gasteiger partial charge in [0.1, 0.15) is 0 Å². The lowest BCUT2D eigenvalue weighted by Gasteiger charge is -2.41. The van der Waals surface area contributed by atoms with Gasteiger partial charge in [-0.2, -0.15) is 4.31 Å². The number of likely N-dealkylation sites (tertiary alicyclic amines) is 1. The van der Waals surface area contributed by atoms with Gasteiger partial charge in [0.2, 0.25) is 15.9 Å². The first-order valence-electron chi connectivity index (χ1n) is 9.41. The van der Waals surface area contributed by atoms with Crippen LogP contribution in [0.3, 0.4) is 0 Å². The van der Waals surface area contributed by atoms with Crippen LogP contribution in [0.5, 0.6) is 0 Å². The lowest BCUT2D eigenvalue weighted by Crippen LogP contribution is -2.53. The molecule has 0 saturated carbocycles. The summed E-state index contributed by atoms with van der Waals surface area (Å²) in [4.78, 5) is 26.4. The van der Waals surface area contributed by atoms with Crippen LogP contribution in [0, 0.1) is 11.8 Å². The fourth-order valence-corrected chi connectivity index (χ4v) is 5.67. The van der Waals surface area contributed by atoms with Crippen molar-refractivity contribution in [3.63, 3.8) is 0 Å². The van der Waals surface area contributed by atoms with Crippen molar-refractivity contribution in [1.82, 2.24) is 9.21 Å². The van der Waals surface area contributed by atoms with Gasteiger partial charge in [-0.05, 0) is 44.7 Å². The number of carboxylic acids is 1. The third-order valence-electron chi connectivity index (χ3n) is 5.70. The number of carbonyl (C=O) groups excluding carboxylic acids is 1. The Balaban J connectivity index is 1.74. The normalized spacial score (nSPS) is 27.3. The Kier molecular flexibility index (Phi) is 5.86. The number of rotatable bonds is 4. The molecule has 2 aliphatic heterocycles. The van der Waals surface area contributed by atoms with Gasteiger partial charge in [0.25, 0.3) is 0 Å². The van der Waals surface area contributed by atoms with Crippen LogP contribution in [0.25, 0.3) is 0 Å². The second-order valence-corrected chi connectivity index (χ2v) is 9.31. The van der Waals surface area contributed by atoms with Gasteiger partial charge in [0, 0.05) is 25.7 Å². The number of piperidine rings is 2. The van der Waals surface area contributed by atoms with E-state index < -0.39 is 27.8 Å². The highest BCUT2D eigenvalue weighted by molar-refractivity contribution is 7.89. The highest BCUT2D eigenvalue weighted by Gasteiger charge is 2.40. The summed E-state index contributed by atoms with van der Waals surface area (Å²) in [7, 11) is -3.63. The van der Waals surface area contributed by atoms with E-state index >= 15 is 0 Å². The fraction of sp³-hybridized carbons (Fsp3) is 0.579. The van der Waals surface area contributed by atoms with Crippen LogP contribution in [0.2, 0.25) is 0 Å². The SMILES string of the molecule is C[C@@H]1[C@H](C(=O)O)CCCN1C(=O)C1CCCN(S(=O)(=O)c2ccccc2)C1. The van der Waals surface area contributed by atoms with E-state index in [-0.39, 0.29) is 23.4 Å². The fourth-order valence-electron chi connectivity index (χ4n) is 4.12. The summed E-state index contributed by atoms with van der Waals surface area (Å²) in [6.45, 7) is 2.86. The number of aliphatic carboxylic acids is 1. The van der Waals surface area contributed by atoms with Crippen molar-refractivity contribution in [2.45, 2.75) is 43.5 Å². The Morgan fingerprint density at radius 2 is 1.74 bits per heavy atom. The summed E-state index contributed by atoms with van der Waals surface area (Å²) in [6, 6.07) is 7.88. The molecule has 3 atom stereocenters. The molecule has 0 aromatic heterocycles. The van der Waals surface area contributed by atoms with E-state index in [4.69, 9.17) is 0 Å². The number of hydrogen-bond acceptors (Lipinski definition) is 4. The monoisotopic (exact) mass is 394 g/mol. The van der Waals surface area contributed by atoms with Crippen molar-refractivity contribution in [3.8, 4) is 0 Å². The Hall–Kier alpha value is -1.93. The number of sulfonamides is 1. The molecule has 1 amide bonds. The number of carbonyl (C=O) groups is 2. The molecule has 8 heteroatoms. The minimum atomic E-state index is -3.63. The maximum atomic E-state index is 13.1. The minimum absolute atomic E-state index is 0.124. The van der Waals surface area contributed by atoms with Crippen LogP contribution in [-0.2, 0) is 19.6 Å². The summed E-state index contributed by atoms with van der Waals surface area (Å²) in [6.07, 6.45) is 2.47. The van der Waals surface area contributed by atoms with Gasteiger partial charge >= 0.3 is 5.97 Å². The van der Waals surface area contributed by atoms with Gasteiger partial charge in [-0.3, -0.25) is 9.59 Å². The summed E-state index contributed by atoms with van der Waals surface area (Å²) >= 11 is 0. The number of amides is 1. The van der Waals surface area contributed by atoms with Crippen LogP contribution in [0.4, 0.5) is 0 Å². The molecule has 2 aliphatic rings. The lowest BCUT2D eigenvalue weighted by molar-refractivity contribution is -0.151. The molecule has 2 fully saturated rings. The largest absolute Gasteiger partial charge is 0.481 e. The van der Waals surface area contributed by atoms with Crippen molar-refractivity contribution in [1.29, 1.82) is 0 Å². The Bertz CT molecular complexity index is 796. The van der Waals surface area contributed by atoms with Crippen LogP contribution in [-0.4, -0.2) is 60.3 Å². The average Bonchev–Trinajstić information content (AvgIpc) is 2.68. The third kappa shape index (κ3) is 4.01. The first kappa shape index (κ1) is 19.8. The third-order valence-corrected chi connectivity index (χ3v) is 7.58. The van der Waals surface area contributed by atoms with Gasteiger partial charge in [-0.1, -0.05) is 18.2 Å². The van der Waals surface area contributed by atoms with Crippen LogP contribution >= 0.6 is 0 Å². The molecule has 2 heterocycles. The standard InChI is InChI=1S/C19H26N2O5S/c1-14-17(19(23)24)10-6-12-21(14)18(22)15-7-5-11-20(13-15)27(25,26)16-8-3-2-4-9-16/h2-4,8-9,14-15,17H,5-7,10-13H2,1H3,(H,23,24)/t14-,15?,17-/m1/s1. The minimum Gasteiger partial charge on any atom is -0.481 e. The molecule has 27 heavy (non-hydrogen) atoms. The van der Waals surface area contributed by atoms with Gasteiger partial charge < -0.3 is 10.0 Å². The molecule has 1 unspecified atom stereocenters. The quantitative estimate of drug-likeness (QED) is 0.840. The first-order chi connectivity index (χ1) is 12.8. The molecule has 0 spiro atoms. The maximum Gasteiger partial charge on any atom is 0.308 e. The second kappa shape index (κ2) is 7.98. The summed E-state index contributed by atoms with van der Waals surface area (Å²) in [5.74, 6) is -1.99. The van der Waals surface area contributed by atoms with Crippen LogP contribution in [0.1, 0.15) is 32.6 Å². The molecule has 0 aliphatic carbocycles. The molecule has 1 N–H and O–H groups in total. The van der Waals surface area contributed by atoms with Gasteiger partial charge in [-0.15, -0.1) is 0 Å². The van der Waals surface area contributed by atoms with E-state index in [0.717, 1.165) is 0 Å². The summed E-state index contributed by atoms with van der Waals surface area (Å²) < 4.78 is 27.1. The number of benzene rings is 1. The van der Waals surface area contributed by atoms with Crippen LogP contribution < -0.4 is 0 Å². The Labute approximate surface area is 160 Å². The first-order valence-corrected chi connectivity index (χ1v) is 10.8. The van der Waals surface area contributed by atoms with Crippen molar-refractivity contribution in [2.24, 2.45) is 11.8 Å². The van der Waals surface area contributed by atoms with Crippen molar-refractivity contribution >= 4 is 21.9 Å². The predicted molar refractivity (Wildman–Crippen MR) is 99.5 cm³/mol. The number of nitrogens with zero attached hydrogens (tertiary/aromatic N) is 2. The van der Waals surface area contributed by atoms with E-state index in [1.165, 1.54) is 4.31 Å². The van der Waals surface area contributed by atoms with E-state index in [2.05, 4.69) is 0 Å². The number of hydrogen-bond donors (Lipinski definition) is 1. The zero-order valence-corrected chi connectivity index (χ0v) is 16.3. The molecule has 148 valence electrons. The zero-order chi connectivity index (χ0) is 19.6. The zero-order valence-electron chi connectivity index (χ0n) is 15.5. The lowest BCUT2D eigenvalue weighted by atomic mass is 9.88. The van der Waals surface area contributed by atoms with Gasteiger partial charge in [0.05, 0.1) is 16.7 Å². The smallest absolute Gasteiger partial charge is 0.308 e.